The second kappa shape index (κ2) is 7.60. The van der Waals surface area contributed by atoms with E-state index in [0.29, 0.717) is 5.56 Å². The zero-order valence-electron chi connectivity index (χ0n) is 15.4. The van der Waals surface area contributed by atoms with Gasteiger partial charge in [0.25, 0.3) is 5.91 Å². The number of aryl methyl sites for hydroxylation is 1. The van der Waals surface area contributed by atoms with Crippen molar-refractivity contribution in [2.75, 3.05) is 30.5 Å². The molecule has 0 aliphatic carbocycles. The summed E-state index contributed by atoms with van der Waals surface area (Å²) in [7, 11) is 3.87. The molecular formula is C21H24N2O3. The molecule has 0 spiro atoms. The van der Waals surface area contributed by atoms with Crippen LogP contribution >= 0.6 is 0 Å². The molecule has 2 aromatic carbocycles. The van der Waals surface area contributed by atoms with Crippen LogP contribution in [0.1, 0.15) is 29.3 Å². The third-order valence-electron chi connectivity index (χ3n) is 4.74. The van der Waals surface area contributed by atoms with Crippen LogP contribution in [0.3, 0.4) is 0 Å². The predicted molar refractivity (Wildman–Crippen MR) is 103 cm³/mol. The van der Waals surface area contributed by atoms with Crippen LogP contribution in [-0.2, 0) is 16.0 Å². The maximum atomic E-state index is 12.7. The summed E-state index contributed by atoms with van der Waals surface area (Å²) in [6.07, 6.45) is 1.86. The Bertz CT molecular complexity index is 799. The van der Waals surface area contributed by atoms with E-state index in [0.717, 1.165) is 29.8 Å². The third kappa shape index (κ3) is 3.72. The number of para-hydroxylation sites is 1. The van der Waals surface area contributed by atoms with Crippen molar-refractivity contribution in [3.63, 3.8) is 0 Å². The average Bonchev–Trinajstić information content (AvgIpc) is 2.65. The fourth-order valence-electron chi connectivity index (χ4n) is 3.24. The Balaban J connectivity index is 1.66. The van der Waals surface area contributed by atoms with Crippen LogP contribution in [0.25, 0.3) is 0 Å². The summed E-state index contributed by atoms with van der Waals surface area (Å²) in [6.45, 7) is 1.77. The summed E-state index contributed by atoms with van der Waals surface area (Å²) in [5, 5.41) is 0. The molecule has 0 N–H and O–H groups in total. The number of nitrogens with zero attached hydrogens (tertiary/aromatic N) is 2. The summed E-state index contributed by atoms with van der Waals surface area (Å²) in [6, 6.07) is 15.1. The van der Waals surface area contributed by atoms with Gasteiger partial charge in [-0.2, -0.15) is 0 Å². The predicted octanol–water partition coefficient (Wildman–Crippen LogP) is 3.28. The van der Waals surface area contributed by atoms with Crippen molar-refractivity contribution in [2.24, 2.45) is 0 Å². The molecule has 0 saturated carbocycles. The van der Waals surface area contributed by atoms with E-state index in [1.165, 1.54) is 0 Å². The van der Waals surface area contributed by atoms with Crippen molar-refractivity contribution in [3.8, 4) is 0 Å². The van der Waals surface area contributed by atoms with Gasteiger partial charge in [-0.05, 0) is 55.7 Å². The Morgan fingerprint density at radius 2 is 1.81 bits per heavy atom. The molecule has 0 radical (unpaired) electrons. The lowest BCUT2D eigenvalue weighted by Gasteiger charge is -2.35. The number of ether oxygens (including phenoxy) is 1. The van der Waals surface area contributed by atoms with Gasteiger partial charge in [0.15, 0.2) is 6.61 Å². The smallest absolute Gasteiger partial charge is 0.338 e. The van der Waals surface area contributed by atoms with Gasteiger partial charge in [0.1, 0.15) is 0 Å². The van der Waals surface area contributed by atoms with Gasteiger partial charge in [-0.3, -0.25) is 4.79 Å². The Morgan fingerprint density at radius 1 is 1.12 bits per heavy atom. The Kier molecular flexibility index (Phi) is 5.26. The molecular weight excluding hydrogens is 328 g/mol. The highest BCUT2D eigenvalue weighted by Crippen LogP contribution is 2.30. The van der Waals surface area contributed by atoms with Gasteiger partial charge in [0, 0.05) is 31.5 Å². The van der Waals surface area contributed by atoms with E-state index in [2.05, 4.69) is 0 Å². The molecule has 136 valence electrons. The number of fused-ring (bicyclic) bond motifs is 1. The number of rotatable bonds is 4. The molecule has 1 atom stereocenters. The maximum Gasteiger partial charge on any atom is 0.338 e. The van der Waals surface area contributed by atoms with Crippen LogP contribution in [0.2, 0.25) is 0 Å². The van der Waals surface area contributed by atoms with E-state index < -0.39 is 5.97 Å². The van der Waals surface area contributed by atoms with Crippen molar-refractivity contribution >= 4 is 23.3 Å². The lowest BCUT2D eigenvalue weighted by atomic mass is 9.96. The standard InChI is InChI=1S/C21H24N2O3/c1-15-8-9-16-6-4-5-7-19(16)23(15)20(24)14-26-21(25)17-10-12-18(13-11-17)22(2)3/h4-7,10-13,15H,8-9,14H2,1-3H3. The van der Waals surface area contributed by atoms with E-state index in [-0.39, 0.29) is 18.6 Å². The molecule has 1 amide bonds. The Morgan fingerprint density at radius 3 is 2.50 bits per heavy atom. The monoisotopic (exact) mass is 352 g/mol. The normalized spacial score (nSPS) is 16.0. The van der Waals surface area contributed by atoms with Crippen LogP contribution in [0.4, 0.5) is 11.4 Å². The van der Waals surface area contributed by atoms with Gasteiger partial charge >= 0.3 is 5.97 Å². The summed E-state index contributed by atoms with van der Waals surface area (Å²) in [5.41, 5.74) is 3.51. The largest absolute Gasteiger partial charge is 0.452 e. The zero-order chi connectivity index (χ0) is 18.7. The highest BCUT2D eigenvalue weighted by atomic mass is 16.5. The molecule has 0 aromatic heterocycles. The first kappa shape index (κ1) is 18.0. The minimum Gasteiger partial charge on any atom is -0.452 e. The van der Waals surface area contributed by atoms with Crippen molar-refractivity contribution in [3.05, 3.63) is 59.7 Å². The summed E-state index contributed by atoms with van der Waals surface area (Å²) in [4.78, 5) is 28.6. The second-order valence-electron chi connectivity index (χ2n) is 6.80. The van der Waals surface area contributed by atoms with E-state index in [4.69, 9.17) is 4.74 Å². The summed E-state index contributed by atoms with van der Waals surface area (Å²) >= 11 is 0. The number of amides is 1. The molecule has 5 nitrogen and oxygen atoms in total. The van der Waals surface area contributed by atoms with Crippen molar-refractivity contribution in [2.45, 2.75) is 25.8 Å². The van der Waals surface area contributed by atoms with Crippen molar-refractivity contribution in [1.29, 1.82) is 0 Å². The average molecular weight is 352 g/mol. The first-order valence-corrected chi connectivity index (χ1v) is 8.82. The molecule has 26 heavy (non-hydrogen) atoms. The third-order valence-corrected chi connectivity index (χ3v) is 4.74. The Labute approximate surface area is 154 Å². The lowest BCUT2D eigenvalue weighted by Crippen LogP contribution is -2.44. The Hall–Kier alpha value is -2.82. The first-order valence-electron chi connectivity index (χ1n) is 8.82. The van der Waals surface area contributed by atoms with Crippen LogP contribution in [0.15, 0.2) is 48.5 Å². The van der Waals surface area contributed by atoms with Gasteiger partial charge in [0.05, 0.1) is 5.56 Å². The summed E-state index contributed by atoms with van der Waals surface area (Å²) in [5.74, 6) is -0.676. The van der Waals surface area contributed by atoms with E-state index in [9.17, 15) is 9.59 Å². The van der Waals surface area contributed by atoms with Crippen LogP contribution in [-0.4, -0.2) is 38.6 Å². The van der Waals surface area contributed by atoms with Gasteiger partial charge in [-0.25, -0.2) is 4.79 Å². The number of carbonyl (C=O) groups is 2. The van der Waals surface area contributed by atoms with Crippen LogP contribution in [0.5, 0.6) is 0 Å². The number of anilines is 2. The molecule has 1 heterocycles. The molecule has 1 aliphatic rings. The maximum absolute atomic E-state index is 12.7. The molecule has 5 heteroatoms. The number of benzene rings is 2. The summed E-state index contributed by atoms with van der Waals surface area (Å²) < 4.78 is 5.26. The fraction of sp³-hybridized carbons (Fsp3) is 0.333. The molecule has 0 saturated heterocycles. The number of esters is 1. The topological polar surface area (TPSA) is 49.9 Å². The van der Waals surface area contributed by atoms with Gasteiger partial charge in [-0.1, -0.05) is 18.2 Å². The zero-order valence-corrected chi connectivity index (χ0v) is 15.4. The molecule has 2 aromatic rings. The van der Waals surface area contributed by atoms with Crippen LogP contribution in [0, 0.1) is 0 Å². The molecule has 0 fully saturated rings. The van der Waals surface area contributed by atoms with Crippen molar-refractivity contribution < 1.29 is 14.3 Å². The van der Waals surface area contributed by atoms with E-state index in [1.807, 2.05) is 62.3 Å². The SMILES string of the molecule is CC1CCc2ccccc2N1C(=O)COC(=O)c1ccc(N(C)C)cc1. The van der Waals surface area contributed by atoms with Gasteiger partial charge in [0.2, 0.25) is 0 Å². The number of hydrogen-bond donors (Lipinski definition) is 0. The second-order valence-corrected chi connectivity index (χ2v) is 6.80. The fourth-order valence-corrected chi connectivity index (χ4v) is 3.24. The quantitative estimate of drug-likeness (QED) is 0.793. The molecule has 3 rings (SSSR count). The van der Waals surface area contributed by atoms with E-state index >= 15 is 0 Å². The van der Waals surface area contributed by atoms with Crippen LogP contribution < -0.4 is 9.80 Å². The minimum absolute atomic E-state index is 0.0930. The van der Waals surface area contributed by atoms with E-state index in [1.54, 1.807) is 17.0 Å². The highest BCUT2D eigenvalue weighted by Gasteiger charge is 2.28. The number of carbonyl (C=O) groups excluding carboxylic acids is 2. The van der Waals surface area contributed by atoms with Crippen molar-refractivity contribution in [1.82, 2.24) is 0 Å². The minimum atomic E-state index is -0.485. The van der Waals surface area contributed by atoms with Gasteiger partial charge in [-0.15, -0.1) is 0 Å². The first-order chi connectivity index (χ1) is 12.5. The highest BCUT2D eigenvalue weighted by molar-refractivity contribution is 5.98. The number of hydrogen-bond acceptors (Lipinski definition) is 4. The molecule has 1 aliphatic heterocycles. The van der Waals surface area contributed by atoms with Gasteiger partial charge < -0.3 is 14.5 Å². The molecule has 0 bridgehead atoms. The lowest BCUT2D eigenvalue weighted by molar-refractivity contribution is -0.122. The molecule has 1 unspecified atom stereocenters.